The summed E-state index contributed by atoms with van der Waals surface area (Å²) in [5, 5.41) is 3.17. The Bertz CT molecular complexity index is 891. The minimum absolute atomic E-state index is 0.124. The molecule has 3 rings (SSSR count). The van der Waals surface area contributed by atoms with E-state index >= 15 is 0 Å². The molecule has 1 atom stereocenters. The number of carbonyl (C=O) groups excluding carboxylic acids is 1. The van der Waals surface area contributed by atoms with Gasteiger partial charge in [0, 0.05) is 12.7 Å². The lowest BCUT2D eigenvalue weighted by Crippen LogP contribution is -2.29. The average molecular weight is 375 g/mol. The summed E-state index contributed by atoms with van der Waals surface area (Å²) in [6, 6.07) is 25.0. The number of ether oxygens (including phenoxy) is 2. The monoisotopic (exact) mass is 375 g/mol. The molecule has 0 bridgehead atoms. The van der Waals surface area contributed by atoms with Gasteiger partial charge in [0.15, 0.2) is 0 Å². The molecule has 0 fully saturated rings. The van der Waals surface area contributed by atoms with Gasteiger partial charge in [0.1, 0.15) is 5.75 Å². The lowest BCUT2D eigenvalue weighted by molar-refractivity contribution is 0.0942. The van der Waals surface area contributed by atoms with Crippen molar-refractivity contribution in [1.29, 1.82) is 0 Å². The van der Waals surface area contributed by atoms with Crippen LogP contribution in [0.5, 0.6) is 5.75 Å². The van der Waals surface area contributed by atoms with Gasteiger partial charge in [0.2, 0.25) is 0 Å². The van der Waals surface area contributed by atoms with Gasteiger partial charge in [0.05, 0.1) is 19.3 Å². The van der Waals surface area contributed by atoms with E-state index in [1.807, 2.05) is 85.8 Å². The molecule has 0 radical (unpaired) electrons. The molecule has 1 amide bonds. The fourth-order valence-corrected chi connectivity index (χ4v) is 3.11. The van der Waals surface area contributed by atoms with Crippen molar-refractivity contribution in [2.45, 2.75) is 19.6 Å². The van der Waals surface area contributed by atoms with Gasteiger partial charge in [-0.2, -0.15) is 0 Å². The Hall–Kier alpha value is -3.11. The maximum absolute atomic E-state index is 13.0. The predicted molar refractivity (Wildman–Crippen MR) is 111 cm³/mol. The Kier molecular flexibility index (Phi) is 6.82. The largest absolute Gasteiger partial charge is 0.494 e. The second-order valence-corrected chi connectivity index (χ2v) is 6.45. The molecule has 0 aromatic heterocycles. The smallest absolute Gasteiger partial charge is 0.252 e. The first kappa shape index (κ1) is 19.6. The topological polar surface area (TPSA) is 47.6 Å². The van der Waals surface area contributed by atoms with Crippen molar-refractivity contribution in [2.24, 2.45) is 0 Å². The highest BCUT2D eigenvalue weighted by atomic mass is 16.5. The van der Waals surface area contributed by atoms with Crippen LogP contribution in [0.2, 0.25) is 0 Å². The van der Waals surface area contributed by atoms with Crippen molar-refractivity contribution < 1.29 is 14.3 Å². The SMILES string of the molecule is CCOc1ccc(C(NC(=O)c2cccc(COC)c2)c2ccccc2)cc1. The molecular weight excluding hydrogens is 350 g/mol. The standard InChI is InChI=1S/C24H25NO3/c1-3-28-22-14-12-20(13-15-22)23(19-9-5-4-6-10-19)25-24(26)21-11-7-8-18(16-21)17-27-2/h4-16,23H,3,17H2,1-2H3,(H,25,26). The molecule has 144 valence electrons. The molecule has 3 aromatic rings. The Morgan fingerprint density at radius 3 is 2.32 bits per heavy atom. The van der Waals surface area contributed by atoms with Crippen LogP contribution in [0.3, 0.4) is 0 Å². The number of nitrogens with one attached hydrogen (secondary N) is 1. The van der Waals surface area contributed by atoms with E-state index in [1.54, 1.807) is 7.11 Å². The van der Waals surface area contributed by atoms with Crippen LogP contribution in [-0.2, 0) is 11.3 Å². The number of hydrogen-bond donors (Lipinski definition) is 1. The second-order valence-electron chi connectivity index (χ2n) is 6.45. The van der Waals surface area contributed by atoms with E-state index < -0.39 is 0 Å². The van der Waals surface area contributed by atoms with Crippen LogP contribution in [0.15, 0.2) is 78.9 Å². The third-order valence-corrected chi connectivity index (χ3v) is 4.43. The molecule has 1 N–H and O–H groups in total. The highest BCUT2D eigenvalue weighted by molar-refractivity contribution is 5.94. The van der Waals surface area contributed by atoms with Crippen LogP contribution in [0.1, 0.15) is 40.0 Å². The average Bonchev–Trinajstić information content (AvgIpc) is 2.74. The molecule has 0 spiro atoms. The van der Waals surface area contributed by atoms with Gasteiger partial charge >= 0.3 is 0 Å². The molecule has 0 aliphatic rings. The number of hydrogen-bond acceptors (Lipinski definition) is 3. The molecule has 3 aromatic carbocycles. The van der Waals surface area contributed by atoms with Crippen LogP contribution in [0, 0.1) is 0 Å². The zero-order valence-electron chi connectivity index (χ0n) is 16.2. The zero-order valence-corrected chi connectivity index (χ0v) is 16.2. The number of amides is 1. The van der Waals surface area contributed by atoms with Gasteiger partial charge in [-0.1, -0.05) is 54.6 Å². The molecule has 4 heteroatoms. The van der Waals surface area contributed by atoms with E-state index in [0.29, 0.717) is 18.8 Å². The fourth-order valence-electron chi connectivity index (χ4n) is 3.11. The molecule has 28 heavy (non-hydrogen) atoms. The normalized spacial score (nSPS) is 11.6. The Morgan fingerprint density at radius 2 is 1.64 bits per heavy atom. The van der Waals surface area contributed by atoms with Crippen molar-refractivity contribution in [3.8, 4) is 5.75 Å². The van der Waals surface area contributed by atoms with E-state index in [0.717, 1.165) is 22.4 Å². The summed E-state index contributed by atoms with van der Waals surface area (Å²) < 4.78 is 10.7. The Balaban J connectivity index is 1.87. The summed E-state index contributed by atoms with van der Waals surface area (Å²) in [6.07, 6.45) is 0. The van der Waals surface area contributed by atoms with Crippen LogP contribution in [0.25, 0.3) is 0 Å². The highest BCUT2D eigenvalue weighted by Gasteiger charge is 2.18. The minimum Gasteiger partial charge on any atom is -0.494 e. The molecular formula is C24H25NO3. The van der Waals surface area contributed by atoms with Gasteiger partial charge in [-0.25, -0.2) is 0 Å². The molecule has 0 saturated heterocycles. The summed E-state index contributed by atoms with van der Waals surface area (Å²) in [7, 11) is 1.64. The highest BCUT2D eigenvalue weighted by Crippen LogP contribution is 2.25. The first-order valence-electron chi connectivity index (χ1n) is 9.37. The summed E-state index contributed by atoms with van der Waals surface area (Å²) in [5.41, 5.74) is 3.60. The molecule has 4 nitrogen and oxygen atoms in total. The quantitative estimate of drug-likeness (QED) is 0.618. The van der Waals surface area contributed by atoms with E-state index in [9.17, 15) is 4.79 Å². The summed E-state index contributed by atoms with van der Waals surface area (Å²) in [6.45, 7) is 3.05. The molecule has 0 saturated carbocycles. The van der Waals surface area contributed by atoms with E-state index in [-0.39, 0.29) is 11.9 Å². The third-order valence-electron chi connectivity index (χ3n) is 4.43. The summed E-state index contributed by atoms with van der Waals surface area (Å²) in [4.78, 5) is 13.0. The van der Waals surface area contributed by atoms with Gasteiger partial charge in [-0.05, 0) is 47.9 Å². The molecule has 0 aliphatic carbocycles. The van der Waals surface area contributed by atoms with Gasteiger partial charge in [-0.15, -0.1) is 0 Å². The predicted octanol–water partition coefficient (Wildman–Crippen LogP) is 4.75. The zero-order chi connectivity index (χ0) is 19.8. The van der Waals surface area contributed by atoms with Gasteiger partial charge < -0.3 is 14.8 Å². The summed E-state index contributed by atoms with van der Waals surface area (Å²) >= 11 is 0. The maximum Gasteiger partial charge on any atom is 0.252 e. The van der Waals surface area contributed by atoms with Crippen molar-refractivity contribution in [1.82, 2.24) is 5.32 Å². The number of carbonyl (C=O) groups is 1. The van der Waals surface area contributed by atoms with Crippen LogP contribution in [-0.4, -0.2) is 19.6 Å². The minimum atomic E-state index is -0.254. The number of benzene rings is 3. The number of methoxy groups -OCH3 is 1. The molecule has 0 aliphatic heterocycles. The second kappa shape index (κ2) is 9.72. The lowest BCUT2D eigenvalue weighted by Gasteiger charge is -2.20. The third kappa shape index (κ3) is 4.99. The van der Waals surface area contributed by atoms with E-state index in [2.05, 4.69) is 5.32 Å². The van der Waals surface area contributed by atoms with Crippen molar-refractivity contribution >= 4 is 5.91 Å². The van der Waals surface area contributed by atoms with Crippen molar-refractivity contribution in [3.63, 3.8) is 0 Å². The van der Waals surface area contributed by atoms with E-state index in [4.69, 9.17) is 9.47 Å². The van der Waals surface area contributed by atoms with Crippen molar-refractivity contribution in [2.75, 3.05) is 13.7 Å². The molecule has 1 unspecified atom stereocenters. The van der Waals surface area contributed by atoms with Crippen LogP contribution < -0.4 is 10.1 Å². The lowest BCUT2D eigenvalue weighted by atomic mass is 9.98. The molecule has 0 heterocycles. The van der Waals surface area contributed by atoms with Gasteiger partial charge in [-0.3, -0.25) is 4.79 Å². The van der Waals surface area contributed by atoms with Crippen molar-refractivity contribution in [3.05, 3.63) is 101 Å². The number of rotatable bonds is 8. The van der Waals surface area contributed by atoms with Gasteiger partial charge in [0.25, 0.3) is 5.91 Å². The first-order valence-corrected chi connectivity index (χ1v) is 9.37. The van der Waals surface area contributed by atoms with Crippen LogP contribution >= 0.6 is 0 Å². The Labute approximate surface area is 166 Å². The summed E-state index contributed by atoms with van der Waals surface area (Å²) in [5.74, 6) is 0.692. The maximum atomic E-state index is 13.0. The fraction of sp³-hybridized carbons (Fsp3) is 0.208. The Morgan fingerprint density at radius 1 is 0.929 bits per heavy atom. The van der Waals surface area contributed by atoms with Crippen LogP contribution in [0.4, 0.5) is 0 Å². The first-order chi connectivity index (χ1) is 13.7. The van der Waals surface area contributed by atoms with E-state index in [1.165, 1.54) is 0 Å².